The van der Waals surface area contributed by atoms with Crippen molar-refractivity contribution in [1.29, 1.82) is 0 Å². The Kier molecular flexibility index (Phi) is 6.13. The number of rotatable bonds is 6. The highest BCUT2D eigenvalue weighted by Gasteiger charge is 2.11. The Morgan fingerprint density at radius 1 is 1.17 bits per heavy atom. The highest BCUT2D eigenvalue weighted by Crippen LogP contribution is 2.27. The fourth-order valence-electron chi connectivity index (χ4n) is 1.86. The largest absolute Gasteiger partial charge is 0.487 e. The van der Waals surface area contributed by atoms with Crippen molar-refractivity contribution in [1.82, 2.24) is 0 Å². The lowest BCUT2D eigenvalue weighted by atomic mass is 10.2. The summed E-state index contributed by atoms with van der Waals surface area (Å²) in [5.41, 5.74) is 7.48. The number of carbonyl (C=O) groups is 1. The van der Waals surface area contributed by atoms with Gasteiger partial charge in [-0.1, -0.05) is 36.2 Å². The van der Waals surface area contributed by atoms with Crippen molar-refractivity contribution in [3.05, 3.63) is 57.6 Å². The van der Waals surface area contributed by atoms with Crippen LogP contribution in [0.3, 0.4) is 0 Å². The number of hydrogen-bond acceptors (Lipinski definition) is 4. The molecule has 0 aliphatic heterocycles. The molecule has 0 saturated carbocycles. The number of anilines is 1. The van der Waals surface area contributed by atoms with Crippen molar-refractivity contribution in [2.75, 3.05) is 12.3 Å². The minimum absolute atomic E-state index is 0.216. The van der Waals surface area contributed by atoms with E-state index in [4.69, 9.17) is 38.4 Å². The van der Waals surface area contributed by atoms with Gasteiger partial charge in [-0.2, -0.15) is 0 Å². The number of carbonyl (C=O) groups excluding carboxylic acids is 1. The van der Waals surface area contributed by atoms with Gasteiger partial charge in [0.1, 0.15) is 12.4 Å². The third-order valence-electron chi connectivity index (χ3n) is 3.08. The van der Waals surface area contributed by atoms with Gasteiger partial charge in [-0.3, -0.25) is 0 Å². The first-order valence-electron chi connectivity index (χ1n) is 7.14. The zero-order valence-corrected chi connectivity index (χ0v) is 14.2. The Labute approximate surface area is 145 Å². The third kappa shape index (κ3) is 4.78. The lowest BCUT2D eigenvalue weighted by molar-refractivity contribution is 0.0504. The van der Waals surface area contributed by atoms with Crippen LogP contribution in [0.5, 0.6) is 5.75 Å². The van der Waals surface area contributed by atoms with E-state index < -0.39 is 5.97 Å². The van der Waals surface area contributed by atoms with E-state index in [2.05, 4.69) is 0 Å². The van der Waals surface area contributed by atoms with E-state index in [-0.39, 0.29) is 6.61 Å². The van der Waals surface area contributed by atoms with E-state index in [0.29, 0.717) is 33.7 Å². The Morgan fingerprint density at radius 3 is 2.65 bits per heavy atom. The lowest BCUT2D eigenvalue weighted by Gasteiger charge is -2.12. The summed E-state index contributed by atoms with van der Waals surface area (Å²) < 4.78 is 10.8. The number of halogens is 2. The molecule has 0 spiro atoms. The van der Waals surface area contributed by atoms with Crippen LogP contribution in [0.15, 0.2) is 36.4 Å². The molecule has 6 heteroatoms. The molecule has 2 aromatic carbocycles. The topological polar surface area (TPSA) is 61.5 Å². The fourth-order valence-corrected chi connectivity index (χ4v) is 2.32. The molecule has 23 heavy (non-hydrogen) atoms. The van der Waals surface area contributed by atoms with Crippen LogP contribution in [0, 0.1) is 0 Å². The summed E-state index contributed by atoms with van der Waals surface area (Å²) in [6, 6.07) is 9.94. The summed E-state index contributed by atoms with van der Waals surface area (Å²) in [5, 5.41) is 1.06. The standard InChI is InChI=1S/C17H17Cl2NO3/c1-2-7-22-17(21)11-4-6-15(20)16(8-11)23-10-12-3-5-13(18)9-14(12)19/h3-6,8-9H,2,7,10,20H2,1H3. The first kappa shape index (κ1) is 17.4. The molecule has 0 aromatic heterocycles. The van der Waals surface area contributed by atoms with Crippen LogP contribution >= 0.6 is 23.2 Å². The quantitative estimate of drug-likeness (QED) is 0.602. The second kappa shape index (κ2) is 8.09. The number of hydrogen-bond donors (Lipinski definition) is 1. The summed E-state index contributed by atoms with van der Waals surface area (Å²) in [5.74, 6) is 0.00295. The molecule has 122 valence electrons. The molecule has 4 nitrogen and oxygen atoms in total. The summed E-state index contributed by atoms with van der Waals surface area (Å²) in [6.07, 6.45) is 0.763. The second-order valence-electron chi connectivity index (χ2n) is 4.91. The number of nitrogens with two attached hydrogens (primary N) is 1. The van der Waals surface area contributed by atoms with Crippen LogP contribution < -0.4 is 10.5 Å². The maximum atomic E-state index is 11.9. The smallest absolute Gasteiger partial charge is 0.338 e. The Balaban J connectivity index is 2.11. The zero-order chi connectivity index (χ0) is 16.8. The average molecular weight is 354 g/mol. The van der Waals surface area contributed by atoms with Crippen molar-refractivity contribution < 1.29 is 14.3 Å². The summed E-state index contributed by atoms with van der Waals surface area (Å²) in [7, 11) is 0. The van der Waals surface area contributed by atoms with Gasteiger partial charge >= 0.3 is 5.97 Å². The molecule has 2 aromatic rings. The van der Waals surface area contributed by atoms with Gasteiger partial charge in [0.25, 0.3) is 0 Å². The number of esters is 1. The summed E-state index contributed by atoms with van der Waals surface area (Å²) in [6.45, 7) is 2.52. The van der Waals surface area contributed by atoms with Gasteiger partial charge in [-0.05, 0) is 36.8 Å². The van der Waals surface area contributed by atoms with Gasteiger partial charge in [0.2, 0.25) is 0 Å². The predicted octanol–water partition coefficient (Wildman–Crippen LogP) is 4.72. The molecule has 0 radical (unpaired) electrons. The molecule has 0 aliphatic rings. The van der Waals surface area contributed by atoms with E-state index >= 15 is 0 Å². The highest BCUT2D eigenvalue weighted by molar-refractivity contribution is 6.35. The van der Waals surface area contributed by atoms with Crippen LogP contribution in [0.4, 0.5) is 5.69 Å². The number of ether oxygens (including phenoxy) is 2. The van der Waals surface area contributed by atoms with Gasteiger partial charge in [-0.25, -0.2) is 4.79 Å². The van der Waals surface area contributed by atoms with Crippen molar-refractivity contribution in [3.63, 3.8) is 0 Å². The Hall–Kier alpha value is -1.91. The van der Waals surface area contributed by atoms with E-state index in [1.807, 2.05) is 6.92 Å². The van der Waals surface area contributed by atoms with Gasteiger partial charge < -0.3 is 15.2 Å². The Morgan fingerprint density at radius 2 is 1.96 bits per heavy atom. The summed E-state index contributed by atoms with van der Waals surface area (Å²) in [4.78, 5) is 11.9. The van der Waals surface area contributed by atoms with Gasteiger partial charge in [-0.15, -0.1) is 0 Å². The van der Waals surface area contributed by atoms with Gasteiger partial charge in [0.15, 0.2) is 0 Å². The van der Waals surface area contributed by atoms with Gasteiger partial charge in [0.05, 0.1) is 17.9 Å². The molecule has 0 bridgehead atoms. The SMILES string of the molecule is CCCOC(=O)c1ccc(N)c(OCc2ccc(Cl)cc2Cl)c1. The molecule has 0 aliphatic carbocycles. The molecule has 0 fully saturated rings. The minimum Gasteiger partial charge on any atom is -0.487 e. The highest BCUT2D eigenvalue weighted by atomic mass is 35.5. The fraction of sp³-hybridized carbons (Fsp3) is 0.235. The molecular formula is C17H17Cl2NO3. The Bertz CT molecular complexity index is 704. The zero-order valence-electron chi connectivity index (χ0n) is 12.6. The van der Waals surface area contributed by atoms with Gasteiger partial charge in [0, 0.05) is 15.6 Å². The third-order valence-corrected chi connectivity index (χ3v) is 3.67. The van der Waals surface area contributed by atoms with E-state index in [0.717, 1.165) is 12.0 Å². The first-order valence-corrected chi connectivity index (χ1v) is 7.90. The molecule has 0 heterocycles. The van der Waals surface area contributed by atoms with Crippen LogP contribution in [-0.2, 0) is 11.3 Å². The monoisotopic (exact) mass is 353 g/mol. The second-order valence-corrected chi connectivity index (χ2v) is 5.76. The maximum Gasteiger partial charge on any atom is 0.338 e. The molecule has 0 unspecified atom stereocenters. The van der Waals surface area contributed by atoms with Crippen LogP contribution in [-0.4, -0.2) is 12.6 Å². The molecular weight excluding hydrogens is 337 g/mol. The minimum atomic E-state index is -0.402. The molecule has 2 rings (SSSR count). The van der Waals surface area contributed by atoms with Crippen LogP contribution in [0.1, 0.15) is 29.3 Å². The van der Waals surface area contributed by atoms with Crippen molar-refractivity contribution in [2.24, 2.45) is 0 Å². The van der Waals surface area contributed by atoms with E-state index in [1.54, 1.807) is 36.4 Å². The average Bonchev–Trinajstić information content (AvgIpc) is 2.53. The molecule has 0 saturated heterocycles. The van der Waals surface area contributed by atoms with E-state index in [1.165, 1.54) is 0 Å². The first-order chi connectivity index (χ1) is 11.0. The van der Waals surface area contributed by atoms with Crippen molar-refractivity contribution >= 4 is 34.9 Å². The molecule has 0 amide bonds. The van der Waals surface area contributed by atoms with Crippen molar-refractivity contribution in [2.45, 2.75) is 20.0 Å². The normalized spacial score (nSPS) is 10.4. The molecule has 2 N–H and O–H groups in total. The number of benzene rings is 2. The maximum absolute atomic E-state index is 11.9. The van der Waals surface area contributed by atoms with Crippen molar-refractivity contribution in [3.8, 4) is 5.75 Å². The number of nitrogen functional groups attached to an aromatic ring is 1. The lowest BCUT2D eigenvalue weighted by Crippen LogP contribution is -2.07. The van der Waals surface area contributed by atoms with E-state index in [9.17, 15) is 4.79 Å². The summed E-state index contributed by atoms with van der Waals surface area (Å²) >= 11 is 12.0. The molecule has 0 atom stereocenters. The predicted molar refractivity (Wildman–Crippen MR) is 92.2 cm³/mol. The van der Waals surface area contributed by atoms with Crippen LogP contribution in [0.25, 0.3) is 0 Å². The van der Waals surface area contributed by atoms with Crippen LogP contribution in [0.2, 0.25) is 10.0 Å².